The molecule has 1 fully saturated rings. The van der Waals surface area contributed by atoms with E-state index in [1.165, 1.54) is 11.8 Å². The summed E-state index contributed by atoms with van der Waals surface area (Å²) in [4.78, 5) is 40.2. The van der Waals surface area contributed by atoms with Gasteiger partial charge in [-0.15, -0.1) is 0 Å². The Bertz CT molecular complexity index is 833. The van der Waals surface area contributed by atoms with Gasteiger partial charge in [-0.25, -0.2) is 4.90 Å². The summed E-state index contributed by atoms with van der Waals surface area (Å²) in [5.41, 5.74) is 1.56. The van der Waals surface area contributed by atoms with Crippen molar-refractivity contribution in [1.29, 1.82) is 0 Å². The van der Waals surface area contributed by atoms with E-state index in [0.29, 0.717) is 24.4 Å². The molecule has 140 valence electrons. The molecule has 1 aliphatic heterocycles. The Labute approximate surface area is 158 Å². The lowest BCUT2D eigenvalue weighted by Gasteiger charge is -2.26. The molecule has 6 heteroatoms. The Morgan fingerprint density at radius 1 is 1.11 bits per heavy atom. The molecule has 0 N–H and O–H groups in total. The zero-order valence-corrected chi connectivity index (χ0v) is 15.4. The van der Waals surface area contributed by atoms with Crippen molar-refractivity contribution in [2.75, 3.05) is 18.6 Å². The number of amides is 3. The summed E-state index contributed by atoms with van der Waals surface area (Å²) in [5, 5.41) is 0. The molecular formula is C21H22N2O4. The molecule has 3 rings (SSSR count). The van der Waals surface area contributed by atoms with Crippen molar-refractivity contribution in [2.45, 2.75) is 25.8 Å². The first-order chi connectivity index (χ1) is 13.0. The van der Waals surface area contributed by atoms with Crippen molar-refractivity contribution in [1.82, 2.24) is 4.90 Å². The fraction of sp³-hybridized carbons (Fsp3) is 0.286. The van der Waals surface area contributed by atoms with Crippen LogP contribution in [0.3, 0.4) is 0 Å². The first-order valence-electron chi connectivity index (χ1n) is 8.83. The average Bonchev–Trinajstić information content (AvgIpc) is 2.97. The molecule has 0 aliphatic carbocycles. The summed E-state index contributed by atoms with van der Waals surface area (Å²) in [5.74, 6) is -0.245. The van der Waals surface area contributed by atoms with Crippen LogP contribution in [0.1, 0.15) is 18.9 Å². The van der Waals surface area contributed by atoms with Crippen molar-refractivity contribution in [3.63, 3.8) is 0 Å². The SMILES string of the molecule is COc1ccc(N2C(=O)C[C@@H](N(CCc3ccccc3)C(C)=O)C2=O)cc1. The van der Waals surface area contributed by atoms with Gasteiger partial charge in [-0.3, -0.25) is 14.4 Å². The Hall–Kier alpha value is -3.15. The van der Waals surface area contributed by atoms with Crippen molar-refractivity contribution >= 4 is 23.4 Å². The molecular weight excluding hydrogens is 344 g/mol. The lowest BCUT2D eigenvalue weighted by molar-refractivity contribution is -0.136. The zero-order valence-electron chi connectivity index (χ0n) is 15.4. The smallest absolute Gasteiger partial charge is 0.257 e. The summed E-state index contributed by atoms with van der Waals surface area (Å²) in [6.07, 6.45) is 0.625. The highest BCUT2D eigenvalue weighted by Crippen LogP contribution is 2.27. The standard InChI is InChI=1S/C21H22N2O4/c1-15(24)22(13-12-16-6-4-3-5-7-16)19-14-20(25)23(21(19)26)17-8-10-18(27-2)11-9-17/h3-11,19H,12-14H2,1-2H3/t19-/m1/s1. The van der Waals surface area contributed by atoms with E-state index in [1.54, 1.807) is 31.4 Å². The molecule has 2 aromatic carbocycles. The molecule has 1 aliphatic rings. The van der Waals surface area contributed by atoms with Crippen LogP contribution in [0.15, 0.2) is 54.6 Å². The van der Waals surface area contributed by atoms with Crippen LogP contribution in [0, 0.1) is 0 Å². The molecule has 1 heterocycles. The number of hydrogen-bond acceptors (Lipinski definition) is 4. The number of nitrogens with zero attached hydrogens (tertiary/aromatic N) is 2. The lowest BCUT2D eigenvalue weighted by Crippen LogP contribution is -2.45. The van der Waals surface area contributed by atoms with Gasteiger partial charge in [0, 0.05) is 13.5 Å². The molecule has 0 saturated carbocycles. The largest absolute Gasteiger partial charge is 0.497 e. The second-order valence-electron chi connectivity index (χ2n) is 6.43. The molecule has 0 aromatic heterocycles. The van der Waals surface area contributed by atoms with E-state index in [2.05, 4.69) is 0 Å². The van der Waals surface area contributed by atoms with Gasteiger partial charge in [0.05, 0.1) is 19.2 Å². The number of rotatable bonds is 6. The van der Waals surface area contributed by atoms with E-state index in [1.807, 2.05) is 30.3 Å². The van der Waals surface area contributed by atoms with Gasteiger partial charge >= 0.3 is 0 Å². The van der Waals surface area contributed by atoms with Crippen LogP contribution >= 0.6 is 0 Å². The van der Waals surface area contributed by atoms with Crippen molar-refractivity contribution in [2.24, 2.45) is 0 Å². The van der Waals surface area contributed by atoms with E-state index in [0.717, 1.165) is 10.5 Å². The van der Waals surface area contributed by atoms with Gasteiger partial charge in [0.15, 0.2) is 0 Å². The highest BCUT2D eigenvalue weighted by Gasteiger charge is 2.43. The number of methoxy groups -OCH3 is 1. The Morgan fingerprint density at radius 2 is 1.78 bits per heavy atom. The van der Waals surface area contributed by atoms with Crippen molar-refractivity contribution < 1.29 is 19.1 Å². The Balaban J connectivity index is 1.76. The lowest BCUT2D eigenvalue weighted by atomic mass is 10.1. The molecule has 2 aromatic rings. The maximum Gasteiger partial charge on any atom is 0.257 e. The number of benzene rings is 2. The van der Waals surface area contributed by atoms with E-state index < -0.39 is 6.04 Å². The zero-order chi connectivity index (χ0) is 19.4. The first kappa shape index (κ1) is 18.6. The van der Waals surface area contributed by atoms with Crippen molar-refractivity contribution in [3.05, 3.63) is 60.2 Å². The number of carbonyl (C=O) groups is 3. The summed E-state index contributed by atoms with van der Waals surface area (Å²) < 4.78 is 5.11. The maximum atomic E-state index is 12.9. The third kappa shape index (κ3) is 4.00. The second kappa shape index (κ2) is 8.03. The topological polar surface area (TPSA) is 66.9 Å². The molecule has 1 atom stereocenters. The molecule has 3 amide bonds. The van der Waals surface area contributed by atoms with Crippen LogP contribution in [0.5, 0.6) is 5.75 Å². The fourth-order valence-electron chi connectivity index (χ4n) is 3.29. The summed E-state index contributed by atoms with van der Waals surface area (Å²) in [6.45, 7) is 1.82. The van der Waals surface area contributed by atoms with Crippen LogP contribution in [0.2, 0.25) is 0 Å². The monoisotopic (exact) mass is 366 g/mol. The van der Waals surface area contributed by atoms with Gasteiger partial charge in [-0.1, -0.05) is 30.3 Å². The van der Waals surface area contributed by atoms with Gasteiger partial charge < -0.3 is 9.64 Å². The number of imide groups is 1. The van der Waals surface area contributed by atoms with Crippen LogP contribution < -0.4 is 9.64 Å². The van der Waals surface area contributed by atoms with Gasteiger partial charge in [0.2, 0.25) is 11.8 Å². The predicted octanol–water partition coefficient (Wildman–Crippen LogP) is 2.42. The van der Waals surface area contributed by atoms with Crippen LogP contribution in [-0.2, 0) is 20.8 Å². The van der Waals surface area contributed by atoms with E-state index >= 15 is 0 Å². The van der Waals surface area contributed by atoms with Crippen LogP contribution in [-0.4, -0.2) is 42.3 Å². The Kier molecular flexibility index (Phi) is 5.54. The van der Waals surface area contributed by atoms with Gasteiger partial charge in [-0.2, -0.15) is 0 Å². The first-order valence-corrected chi connectivity index (χ1v) is 8.83. The van der Waals surface area contributed by atoms with E-state index in [-0.39, 0.29) is 24.1 Å². The molecule has 1 saturated heterocycles. The summed E-state index contributed by atoms with van der Waals surface area (Å²) >= 11 is 0. The average molecular weight is 366 g/mol. The van der Waals surface area contributed by atoms with E-state index in [4.69, 9.17) is 4.74 Å². The number of ether oxygens (including phenoxy) is 1. The van der Waals surface area contributed by atoms with Gasteiger partial charge in [0.25, 0.3) is 5.91 Å². The minimum absolute atomic E-state index is 0.000762. The molecule has 0 spiro atoms. The number of hydrogen-bond donors (Lipinski definition) is 0. The highest BCUT2D eigenvalue weighted by molar-refractivity contribution is 6.23. The fourth-order valence-corrected chi connectivity index (χ4v) is 3.29. The van der Waals surface area contributed by atoms with Crippen LogP contribution in [0.4, 0.5) is 5.69 Å². The van der Waals surface area contributed by atoms with Crippen LogP contribution in [0.25, 0.3) is 0 Å². The minimum Gasteiger partial charge on any atom is -0.497 e. The number of carbonyl (C=O) groups excluding carboxylic acids is 3. The summed E-state index contributed by atoms with van der Waals surface area (Å²) in [7, 11) is 1.55. The van der Waals surface area contributed by atoms with E-state index in [9.17, 15) is 14.4 Å². The third-order valence-corrected chi connectivity index (χ3v) is 4.72. The minimum atomic E-state index is -0.763. The third-order valence-electron chi connectivity index (χ3n) is 4.72. The van der Waals surface area contributed by atoms with Gasteiger partial charge in [0.1, 0.15) is 11.8 Å². The predicted molar refractivity (Wildman–Crippen MR) is 101 cm³/mol. The number of anilines is 1. The molecule has 27 heavy (non-hydrogen) atoms. The second-order valence-corrected chi connectivity index (χ2v) is 6.43. The molecule has 0 radical (unpaired) electrons. The normalized spacial score (nSPS) is 16.5. The summed E-state index contributed by atoms with van der Waals surface area (Å²) in [6, 6.07) is 15.7. The van der Waals surface area contributed by atoms with Crippen molar-refractivity contribution in [3.8, 4) is 5.75 Å². The molecule has 0 bridgehead atoms. The molecule has 0 unspecified atom stereocenters. The molecule has 6 nitrogen and oxygen atoms in total. The maximum absolute atomic E-state index is 12.9. The highest BCUT2D eigenvalue weighted by atomic mass is 16.5. The van der Waals surface area contributed by atoms with Gasteiger partial charge in [-0.05, 0) is 36.2 Å². The Morgan fingerprint density at radius 3 is 2.37 bits per heavy atom. The quantitative estimate of drug-likeness (QED) is 0.737.